The summed E-state index contributed by atoms with van der Waals surface area (Å²) in [4.78, 5) is 69.4. The number of unbranched alkanes of at least 4 members (excludes halogenated alkanes) is 1. The van der Waals surface area contributed by atoms with Crippen LogP contribution in [0, 0.1) is 0 Å². The van der Waals surface area contributed by atoms with Gasteiger partial charge in [0.2, 0.25) is 17.7 Å². The summed E-state index contributed by atoms with van der Waals surface area (Å²) in [6.07, 6.45) is 4.75. The zero-order valence-electron chi connectivity index (χ0n) is 20.0. The van der Waals surface area contributed by atoms with E-state index in [0.717, 1.165) is 0 Å². The van der Waals surface area contributed by atoms with Crippen molar-refractivity contribution in [2.24, 2.45) is 11.5 Å². The van der Waals surface area contributed by atoms with Crippen LogP contribution in [-0.2, 0) is 30.4 Å². The molecule has 1 saturated heterocycles. The van der Waals surface area contributed by atoms with Gasteiger partial charge in [-0.3, -0.25) is 19.2 Å². The van der Waals surface area contributed by atoms with Crippen molar-refractivity contribution < 1.29 is 34.2 Å². The molecule has 200 valence electrons. The van der Waals surface area contributed by atoms with Crippen LogP contribution in [0.3, 0.4) is 0 Å². The van der Waals surface area contributed by atoms with Crippen molar-refractivity contribution in [3.05, 3.63) is 18.2 Å². The maximum absolute atomic E-state index is 13.1. The molecule has 2 heterocycles. The summed E-state index contributed by atoms with van der Waals surface area (Å²) in [7, 11) is 0. The monoisotopic (exact) mass is 509 g/mol. The van der Waals surface area contributed by atoms with Crippen molar-refractivity contribution >= 4 is 29.7 Å². The van der Waals surface area contributed by atoms with Gasteiger partial charge in [-0.1, -0.05) is 0 Å². The summed E-state index contributed by atoms with van der Waals surface area (Å²) in [5, 5.41) is 23.5. The molecule has 4 unspecified atom stereocenters. The van der Waals surface area contributed by atoms with Crippen LogP contribution in [0.5, 0.6) is 0 Å². The maximum Gasteiger partial charge on any atom is 0.326 e. The number of imidazole rings is 1. The molecule has 1 aliphatic rings. The summed E-state index contributed by atoms with van der Waals surface area (Å²) in [6.45, 7) is 0.673. The Kier molecular flexibility index (Phi) is 11.3. The smallest absolute Gasteiger partial charge is 0.326 e. The highest BCUT2D eigenvalue weighted by molar-refractivity contribution is 5.94. The Morgan fingerprint density at radius 2 is 1.89 bits per heavy atom. The summed E-state index contributed by atoms with van der Waals surface area (Å²) in [5.41, 5.74) is 11.9. The van der Waals surface area contributed by atoms with Gasteiger partial charge in [-0.25, -0.2) is 9.78 Å². The van der Waals surface area contributed by atoms with Crippen molar-refractivity contribution in [2.75, 3.05) is 13.1 Å². The standard InChI is InChI=1S/C22H35N7O7/c23-8-2-1-4-15(22(35)36)27-19(32)16(10-13-11-25-12-26-13)28-20(33)17-5-3-9-29(17)21(34)14(24)6-7-18(30)31/h11-12,14-17H,1-10,23-24H2,(H,25,26)(H,27,32)(H,28,33)(H,30,31)(H,35,36). The molecule has 2 rings (SSSR count). The minimum Gasteiger partial charge on any atom is -0.481 e. The van der Waals surface area contributed by atoms with Crippen molar-refractivity contribution in [3.8, 4) is 0 Å². The van der Waals surface area contributed by atoms with Gasteiger partial charge in [-0.15, -0.1) is 0 Å². The number of nitrogens with one attached hydrogen (secondary N) is 3. The fourth-order valence-corrected chi connectivity index (χ4v) is 4.03. The third-order valence-corrected chi connectivity index (χ3v) is 6.00. The molecule has 0 bridgehead atoms. The Morgan fingerprint density at radius 3 is 2.50 bits per heavy atom. The number of H-pyrrole nitrogens is 1. The minimum absolute atomic E-state index is 0.0193. The van der Waals surface area contributed by atoms with Crippen molar-refractivity contribution in [2.45, 2.75) is 75.5 Å². The average Bonchev–Trinajstić information content (AvgIpc) is 3.53. The van der Waals surface area contributed by atoms with Gasteiger partial charge in [0, 0.05) is 31.3 Å². The largest absolute Gasteiger partial charge is 0.481 e. The summed E-state index contributed by atoms with van der Waals surface area (Å²) in [6, 6.07) is -4.23. The first-order chi connectivity index (χ1) is 17.1. The van der Waals surface area contributed by atoms with E-state index in [9.17, 15) is 29.1 Å². The van der Waals surface area contributed by atoms with Gasteiger partial charge in [0.15, 0.2) is 0 Å². The number of hydrogen-bond donors (Lipinski definition) is 7. The molecule has 14 nitrogen and oxygen atoms in total. The Bertz CT molecular complexity index is 909. The van der Waals surface area contributed by atoms with Gasteiger partial charge in [0.05, 0.1) is 12.4 Å². The number of carboxylic acids is 2. The highest BCUT2D eigenvalue weighted by atomic mass is 16.4. The summed E-state index contributed by atoms with van der Waals surface area (Å²) in [5.74, 6) is -4.08. The zero-order chi connectivity index (χ0) is 26.7. The lowest BCUT2D eigenvalue weighted by Crippen LogP contribution is -2.57. The predicted octanol–water partition coefficient (Wildman–Crippen LogP) is -1.68. The van der Waals surface area contributed by atoms with Crippen LogP contribution in [0.25, 0.3) is 0 Å². The first-order valence-electron chi connectivity index (χ1n) is 11.9. The fourth-order valence-electron chi connectivity index (χ4n) is 4.03. The van der Waals surface area contributed by atoms with Gasteiger partial charge in [-0.05, 0) is 45.1 Å². The molecule has 1 aromatic heterocycles. The lowest BCUT2D eigenvalue weighted by atomic mass is 10.1. The van der Waals surface area contributed by atoms with Crippen LogP contribution in [0.1, 0.15) is 50.6 Å². The molecular weight excluding hydrogens is 474 g/mol. The molecule has 1 aromatic rings. The van der Waals surface area contributed by atoms with Crippen LogP contribution >= 0.6 is 0 Å². The van der Waals surface area contributed by atoms with Gasteiger partial charge in [-0.2, -0.15) is 0 Å². The highest BCUT2D eigenvalue weighted by Gasteiger charge is 2.38. The van der Waals surface area contributed by atoms with E-state index in [1.165, 1.54) is 17.4 Å². The normalized spacial score (nSPS) is 17.7. The SMILES string of the molecule is NCCCCC(NC(=O)C(Cc1cnc[nH]1)NC(=O)C1CCCN1C(=O)C(N)CCC(=O)O)C(=O)O. The molecule has 4 atom stereocenters. The molecule has 0 aliphatic carbocycles. The van der Waals surface area contributed by atoms with Crippen molar-refractivity contribution in [1.29, 1.82) is 0 Å². The quantitative estimate of drug-likeness (QED) is 0.133. The van der Waals surface area contributed by atoms with Gasteiger partial charge in [0.25, 0.3) is 0 Å². The first-order valence-corrected chi connectivity index (χ1v) is 11.9. The van der Waals surface area contributed by atoms with Gasteiger partial charge in [0.1, 0.15) is 18.1 Å². The van der Waals surface area contributed by atoms with E-state index in [0.29, 0.717) is 37.9 Å². The molecular formula is C22H35N7O7. The third-order valence-electron chi connectivity index (χ3n) is 6.00. The summed E-state index contributed by atoms with van der Waals surface area (Å²) >= 11 is 0. The molecule has 0 radical (unpaired) electrons. The number of nitrogens with zero attached hydrogens (tertiary/aromatic N) is 2. The minimum atomic E-state index is -1.20. The first kappa shape index (κ1) is 28.7. The lowest BCUT2D eigenvalue weighted by Gasteiger charge is -2.28. The topological polar surface area (TPSA) is 234 Å². The summed E-state index contributed by atoms with van der Waals surface area (Å²) < 4.78 is 0. The second-order valence-electron chi connectivity index (χ2n) is 8.75. The van der Waals surface area contributed by atoms with E-state index in [1.807, 2.05) is 0 Å². The molecule has 0 spiro atoms. The maximum atomic E-state index is 13.1. The van der Waals surface area contributed by atoms with Crippen molar-refractivity contribution in [3.63, 3.8) is 0 Å². The number of amides is 3. The van der Waals surface area contributed by atoms with E-state index in [-0.39, 0.29) is 32.2 Å². The van der Waals surface area contributed by atoms with Gasteiger partial charge < -0.3 is 42.2 Å². The number of carbonyl (C=O) groups excluding carboxylic acids is 3. The molecule has 9 N–H and O–H groups in total. The molecule has 14 heteroatoms. The van der Waals surface area contributed by atoms with Crippen LogP contribution in [-0.4, -0.2) is 92.0 Å². The average molecular weight is 510 g/mol. The lowest BCUT2D eigenvalue weighted by molar-refractivity contribution is -0.143. The second-order valence-corrected chi connectivity index (χ2v) is 8.75. The number of aromatic nitrogens is 2. The van der Waals surface area contributed by atoms with Gasteiger partial charge >= 0.3 is 11.9 Å². The predicted molar refractivity (Wildman–Crippen MR) is 126 cm³/mol. The number of hydrogen-bond acceptors (Lipinski definition) is 8. The molecule has 0 saturated carbocycles. The highest BCUT2D eigenvalue weighted by Crippen LogP contribution is 2.19. The number of carboxylic acid groups (broad SMARTS) is 2. The third kappa shape index (κ3) is 8.61. The second kappa shape index (κ2) is 14.1. The molecule has 36 heavy (non-hydrogen) atoms. The van der Waals surface area contributed by atoms with E-state index in [2.05, 4.69) is 20.6 Å². The number of likely N-dealkylation sites (tertiary alicyclic amines) is 1. The van der Waals surface area contributed by atoms with E-state index in [4.69, 9.17) is 16.6 Å². The number of rotatable bonds is 15. The van der Waals surface area contributed by atoms with Crippen LogP contribution in [0.15, 0.2) is 12.5 Å². The van der Waals surface area contributed by atoms with Crippen LogP contribution < -0.4 is 22.1 Å². The molecule has 1 aliphatic heterocycles. The Morgan fingerprint density at radius 1 is 1.14 bits per heavy atom. The number of aromatic amines is 1. The zero-order valence-corrected chi connectivity index (χ0v) is 20.0. The van der Waals surface area contributed by atoms with E-state index < -0.39 is 53.8 Å². The number of carbonyl (C=O) groups is 5. The fraction of sp³-hybridized carbons (Fsp3) is 0.636. The molecule has 1 fully saturated rings. The van der Waals surface area contributed by atoms with E-state index >= 15 is 0 Å². The Hall–Kier alpha value is -3.52. The molecule has 0 aromatic carbocycles. The Balaban J connectivity index is 2.11. The van der Waals surface area contributed by atoms with Crippen LogP contribution in [0.4, 0.5) is 0 Å². The molecule has 3 amide bonds. The Labute approximate surface area is 208 Å². The van der Waals surface area contributed by atoms with Crippen molar-refractivity contribution in [1.82, 2.24) is 25.5 Å². The number of aliphatic carboxylic acids is 2. The van der Waals surface area contributed by atoms with E-state index in [1.54, 1.807) is 0 Å². The number of nitrogens with two attached hydrogens (primary N) is 2. The van der Waals surface area contributed by atoms with Crippen LogP contribution in [0.2, 0.25) is 0 Å².